The first-order valence-electron chi connectivity index (χ1n) is 11.4. The highest BCUT2D eigenvalue weighted by Crippen LogP contribution is 2.48. The van der Waals surface area contributed by atoms with E-state index in [1.807, 2.05) is 38.2 Å². The molecule has 2 heterocycles. The van der Waals surface area contributed by atoms with Gasteiger partial charge in [0.2, 0.25) is 0 Å². The predicted octanol–water partition coefficient (Wildman–Crippen LogP) is 5.92. The summed E-state index contributed by atoms with van der Waals surface area (Å²) < 4.78 is 5.77. The first kappa shape index (κ1) is 20.5. The molecule has 3 aliphatic rings. The topological polar surface area (TPSA) is 49.1 Å². The minimum absolute atomic E-state index is 0.0422. The number of hydrogen-bond donors (Lipinski definition) is 0. The van der Waals surface area contributed by atoms with Crippen molar-refractivity contribution >= 4 is 11.3 Å². The maximum atomic E-state index is 9.56. The summed E-state index contributed by atoms with van der Waals surface area (Å²) >= 11 is 1.76. The molecular formula is C26H29N3OS. The van der Waals surface area contributed by atoms with E-state index in [1.165, 1.54) is 43.6 Å². The molecule has 1 saturated carbocycles. The van der Waals surface area contributed by atoms with Crippen molar-refractivity contribution in [3.63, 3.8) is 0 Å². The summed E-state index contributed by atoms with van der Waals surface area (Å²) in [5.41, 5.74) is 3.18. The van der Waals surface area contributed by atoms with Gasteiger partial charge in [-0.3, -0.25) is 4.90 Å². The zero-order chi connectivity index (χ0) is 21.4. The Morgan fingerprint density at radius 3 is 2.84 bits per heavy atom. The van der Waals surface area contributed by atoms with E-state index in [0.29, 0.717) is 29.2 Å². The normalized spacial score (nSPS) is 25.5. The van der Waals surface area contributed by atoms with Gasteiger partial charge < -0.3 is 4.74 Å². The summed E-state index contributed by atoms with van der Waals surface area (Å²) in [4.78, 5) is 8.77. The zero-order valence-electron chi connectivity index (χ0n) is 18.3. The molecule has 2 fully saturated rings. The van der Waals surface area contributed by atoms with Gasteiger partial charge in [0.15, 0.2) is 0 Å². The van der Waals surface area contributed by atoms with Crippen LogP contribution in [0.5, 0.6) is 5.75 Å². The molecule has 0 spiro atoms. The lowest BCUT2D eigenvalue weighted by Gasteiger charge is -2.29. The van der Waals surface area contributed by atoms with E-state index in [-0.39, 0.29) is 6.10 Å². The molecule has 0 radical (unpaired) electrons. The third-order valence-electron chi connectivity index (χ3n) is 6.75. The molecule has 1 aromatic heterocycles. The van der Waals surface area contributed by atoms with E-state index in [9.17, 15) is 5.26 Å². The highest BCUT2D eigenvalue weighted by molar-refractivity contribution is 7.15. The number of allylic oxidation sites excluding steroid dienone is 3. The Morgan fingerprint density at radius 1 is 1.23 bits per heavy atom. The van der Waals surface area contributed by atoms with E-state index in [0.717, 1.165) is 10.6 Å². The van der Waals surface area contributed by atoms with E-state index in [1.54, 1.807) is 16.9 Å². The van der Waals surface area contributed by atoms with Crippen LogP contribution in [0.4, 0.5) is 0 Å². The lowest BCUT2D eigenvalue weighted by Crippen LogP contribution is -2.33. The van der Waals surface area contributed by atoms with Gasteiger partial charge in [0, 0.05) is 28.6 Å². The summed E-state index contributed by atoms with van der Waals surface area (Å²) in [6, 6.07) is 8.73. The number of nitriles is 1. The molecule has 3 unspecified atom stereocenters. The number of benzene rings is 1. The number of nitrogens with zero attached hydrogens (tertiary/aromatic N) is 3. The molecule has 1 aliphatic heterocycles. The molecule has 2 aromatic rings. The van der Waals surface area contributed by atoms with Crippen LogP contribution in [-0.2, 0) is 0 Å². The predicted molar refractivity (Wildman–Crippen MR) is 125 cm³/mol. The Bertz CT molecular complexity index is 1050. The second-order valence-electron chi connectivity index (χ2n) is 9.08. The molecule has 1 saturated heterocycles. The quantitative estimate of drug-likeness (QED) is 0.589. The van der Waals surface area contributed by atoms with Crippen molar-refractivity contribution in [1.82, 2.24) is 9.88 Å². The van der Waals surface area contributed by atoms with Crippen LogP contribution in [0.1, 0.15) is 55.9 Å². The fraction of sp³-hybridized carbons (Fsp3) is 0.462. The number of rotatable bonds is 5. The number of likely N-dealkylation sites (tertiary alicyclic amines) is 1. The third-order valence-corrected chi connectivity index (χ3v) is 7.90. The molecule has 1 aromatic carbocycles. The lowest BCUT2D eigenvalue weighted by atomic mass is 9.82. The molecule has 5 heteroatoms. The molecule has 31 heavy (non-hydrogen) atoms. The minimum Gasteiger partial charge on any atom is -0.490 e. The largest absolute Gasteiger partial charge is 0.490 e. The van der Waals surface area contributed by atoms with Crippen LogP contribution in [0.3, 0.4) is 0 Å². The Balaban J connectivity index is 1.37. The molecule has 160 valence electrons. The van der Waals surface area contributed by atoms with Crippen LogP contribution in [0, 0.1) is 17.2 Å². The Morgan fingerprint density at radius 2 is 2.06 bits per heavy atom. The minimum atomic E-state index is 0.0422. The first-order valence-corrected chi connectivity index (χ1v) is 12.2. The van der Waals surface area contributed by atoms with Crippen molar-refractivity contribution in [3.05, 3.63) is 58.6 Å². The van der Waals surface area contributed by atoms with Gasteiger partial charge in [-0.1, -0.05) is 18.2 Å². The number of aromatic nitrogens is 1. The van der Waals surface area contributed by atoms with Gasteiger partial charge >= 0.3 is 0 Å². The van der Waals surface area contributed by atoms with Crippen LogP contribution >= 0.6 is 11.3 Å². The van der Waals surface area contributed by atoms with Crippen molar-refractivity contribution in [1.29, 1.82) is 5.26 Å². The van der Waals surface area contributed by atoms with Gasteiger partial charge in [0.1, 0.15) is 16.8 Å². The van der Waals surface area contributed by atoms with Crippen molar-refractivity contribution < 1.29 is 4.74 Å². The van der Waals surface area contributed by atoms with E-state index in [2.05, 4.69) is 29.2 Å². The molecule has 3 atom stereocenters. The summed E-state index contributed by atoms with van der Waals surface area (Å²) in [6.45, 7) is 6.46. The molecule has 0 bridgehead atoms. The van der Waals surface area contributed by atoms with E-state index < -0.39 is 0 Å². The average Bonchev–Trinajstić information content (AvgIpc) is 3.53. The van der Waals surface area contributed by atoms with Crippen molar-refractivity contribution in [2.75, 3.05) is 13.1 Å². The van der Waals surface area contributed by atoms with Gasteiger partial charge in [-0.2, -0.15) is 5.26 Å². The number of hydrogen-bond acceptors (Lipinski definition) is 5. The molecule has 4 nitrogen and oxygen atoms in total. The maximum Gasteiger partial charge on any atom is 0.137 e. The second kappa shape index (κ2) is 8.61. The van der Waals surface area contributed by atoms with Crippen LogP contribution in [-0.4, -0.2) is 35.1 Å². The fourth-order valence-corrected chi connectivity index (χ4v) is 6.44. The van der Waals surface area contributed by atoms with Gasteiger partial charge in [-0.15, -0.1) is 11.3 Å². The van der Waals surface area contributed by atoms with E-state index in [4.69, 9.17) is 9.72 Å². The fourth-order valence-electron chi connectivity index (χ4n) is 5.38. The lowest BCUT2D eigenvalue weighted by molar-refractivity contribution is 0.242. The molecule has 2 aliphatic carbocycles. The van der Waals surface area contributed by atoms with Crippen molar-refractivity contribution in [2.45, 2.75) is 57.6 Å². The van der Waals surface area contributed by atoms with Crippen LogP contribution in [0.25, 0.3) is 10.6 Å². The zero-order valence-corrected chi connectivity index (χ0v) is 19.1. The second-order valence-corrected chi connectivity index (χ2v) is 10.1. The summed E-state index contributed by atoms with van der Waals surface area (Å²) in [6.07, 6.45) is 14.3. The SMILES string of the molecule is CC(C)Oc1ccc(-c2ncc(C3C=CC=C4C3CCC4N3CCCC3)s2)cc1C#N. The van der Waals surface area contributed by atoms with Crippen LogP contribution in [0.15, 0.2) is 48.2 Å². The van der Waals surface area contributed by atoms with Crippen LogP contribution < -0.4 is 4.74 Å². The third kappa shape index (κ3) is 3.95. The molecule has 5 rings (SSSR count). The Labute approximate surface area is 188 Å². The number of ether oxygens (including phenoxy) is 1. The summed E-state index contributed by atoms with van der Waals surface area (Å²) in [5.74, 6) is 1.65. The number of thiazole rings is 1. The highest BCUT2D eigenvalue weighted by Gasteiger charge is 2.40. The monoisotopic (exact) mass is 431 g/mol. The smallest absolute Gasteiger partial charge is 0.137 e. The maximum absolute atomic E-state index is 9.56. The summed E-state index contributed by atoms with van der Waals surface area (Å²) in [5, 5.41) is 10.5. The number of fused-ring (bicyclic) bond motifs is 1. The van der Waals surface area contributed by atoms with Crippen LogP contribution in [0.2, 0.25) is 0 Å². The van der Waals surface area contributed by atoms with Gasteiger partial charge in [0.25, 0.3) is 0 Å². The molecule has 0 amide bonds. The van der Waals surface area contributed by atoms with Gasteiger partial charge in [0.05, 0.1) is 11.7 Å². The van der Waals surface area contributed by atoms with Gasteiger partial charge in [-0.25, -0.2) is 4.98 Å². The van der Waals surface area contributed by atoms with Crippen molar-refractivity contribution in [3.8, 4) is 22.4 Å². The summed E-state index contributed by atoms with van der Waals surface area (Å²) in [7, 11) is 0. The molecular weight excluding hydrogens is 402 g/mol. The van der Waals surface area contributed by atoms with Gasteiger partial charge in [-0.05, 0) is 82.3 Å². The standard InChI is InChI=1S/C26H29N3OS/c1-17(2)30-24-11-8-18(14-19(24)15-27)26-28-16-25(31-26)22-7-5-6-21-20(22)9-10-23(21)29-12-3-4-13-29/h5-8,11,14,16-17,20,22-23H,3-4,9-10,12-13H2,1-2H3. The first-order chi connectivity index (χ1) is 15.1. The average molecular weight is 432 g/mol. The highest BCUT2D eigenvalue weighted by atomic mass is 32.1. The van der Waals surface area contributed by atoms with E-state index >= 15 is 0 Å². The Hall–Kier alpha value is -2.42. The Kier molecular flexibility index (Phi) is 5.69. The molecule has 0 N–H and O–H groups in total. The van der Waals surface area contributed by atoms with Crippen molar-refractivity contribution in [2.24, 2.45) is 5.92 Å².